The molecule has 47 heavy (non-hydrogen) atoms. The van der Waals surface area contributed by atoms with Crippen molar-refractivity contribution in [1.29, 1.82) is 0 Å². The topological polar surface area (TPSA) is 18.5 Å². The Labute approximate surface area is 244 Å². The first-order valence-electron chi connectivity index (χ1n) is 11.5. The summed E-state index contributed by atoms with van der Waals surface area (Å²) in [4.78, 5) is 0. The maximum atomic E-state index is 16.1. The monoisotopic (exact) mass is 704 g/mol. The molecule has 0 N–H and O–H groups in total. The third kappa shape index (κ3) is 4.43. The van der Waals surface area contributed by atoms with Gasteiger partial charge in [0.2, 0.25) is 11.6 Å². The van der Waals surface area contributed by atoms with E-state index in [9.17, 15) is 79.0 Å². The predicted molar refractivity (Wildman–Crippen MR) is 115 cm³/mol. The second-order valence-electron chi connectivity index (χ2n) is 9.06. The molecule has 0 fully saturated rings. The van der Waals surface area contributed by atoms with E-state index >= 15 is 4.39 Å². The van der Waals surface area contributed by atoms with Crippen molar-refractivity contribution in [2.24, 2.45) is 0 Å². The summed E-state index contributed by atoms with van der Waals surface area (Å²) in [5.74, 6) is -63.2. The number of benzene rings is 4. The Bertz CT molecular complexity index is 2080. The van der Waals surface area contributed by atoms with Crippen molar-refractivity contribution in [3.63, 3.8) is 0 Å². The number of hydrogen-bond donors (Lipinski definition) is 0. The minimum absolute atomic E-state index is 2.45. The van der Waals surface area contributed by atoms with Crippen LogP contribution in [0.25, 0.3) is 16.6 Å². The van der Waals surface area contributed by atoms with Crippen molar-refractivity contribution >= 4 is 29.2 Å². The summed E-state index contributed by atoms with van der Waals surface area (Å²) in [6.45, 7) is 0. The van der Waals surface area contributed by atoms with E-state index in [1.165, 1.54) is 0 Å². The highest BCUT2D eigenvalue weighted by molar-refractivity contribution is 6.62. The highest BCUT2D eigenvalue weighted by atomic mass is 19.2. The second kappa shape index (κ2) is 11.0. The molecule has 1 aliphatic carbocycles. The zero-order chi connectivity index (χ0) is 35.3. The summed E-state index contributed by atoms with van der Waals surface area (Å²) in [7, 11) is -4.34. The van der Waals surface area contributed by atoms with Crippen LogP contribution >= 0.6 is 0 Å². The molecule has 0 heterocycles. The van der Waals surface area contributed by atoms with Crippen molar-refractivity contribution in [3.8, 4) is 5.75 Å². The normalized spacial score (nSPS) is 16.1. The Morgan fingerprint density at radius 3 is 1.30 bits per heavy atom. The molecule has 0 aliphatic heterocycles. The molecular weight excluding hydrogens is 704 g/mol. The minimum Gasteiger partial charge on any atom is -0.529 e. The molecule has 4 aromatic carbocycles. The quantitative estimate of drug-likeness (QED) is 0.0902. The van der Waals surface area contributed by atoms with E-state index in [1.807, 2.05) is 0 Å². The molecule has 0 saturated heterocycles. The number of halogens is 19. The second-order valence-corrected chi connectivity index (χ2v) is 9.06. The van der Waals surface area contributed by atoms with E-state index < -0.39 is 151 Å². The highest BCUT2D eigenvalue weighted by Crippen LogP contribution is 2.53. The SMILES string of the molecule is FC1=C(F)C(F)(OB(Oc2c(F)c(F)c(F)c3c(F)c(F)c(F)c(F)c23)c2c(F)c(F)c(F)c(F)c2F)c2c(F)c(F)c(F)c(F)c21. The zero-order valence-corrected chi connectivity index (χ0v) is 21.1. The molecule has 0 spiro atoms. The Morgan fingerprint density at radius 2 is 0.787 bits per heavy atom. The third-order valence-electron chi connectivity index (χ3n) is 6.56. The fourth-order valence-electron chi connectivity index (χ4n) is 4.41. The summed E-state index contributed by atoms with van der Waals surface area (Å²) in [5, 5.41) is -4.92. The van der Waals surface area contributed by atoms with Gasteiger partial charge in [-0.2, -0.15) is 8.78 Å². The van der Waals surface area contributed by atoms with Gasteiger partial charge in [0.1, 0.15) is 0 Å². The lowest BCUT2D eigenvalue weighted by Crippen LogP contribution is -2.49. The Hall–Kier alpha value is -4.63. The molecular formula is C25BF19O2. The van der Waals surface area contributed by atoms with Gasteiger partial charge in [0.05, 0.1) is 27.4 Å². The highest BCUT2D eigenvalue weighted by Gasteiger charge is 2.58. The van der Waals surface area contributed by atoms with Crippen molar-refractivity contribution in [2.75, 3.05) is 0 Å². The number of rotatable bonds is 5. The first-order valence-corrected chi connectivity index (χ1v) is 11.5. The van der Waals surface area contributed by atoms with Gasteiger partial charge < -0.3 is 9.31 Å². The molecule has 0 aromatic heterocycles. The first kappa shape index (κ1) is 33.7. The molecule has 0 radical (unpaired) electrons. The largest absolute Gasteiger partial charge is 0.572 e. The smallest absolute Gasteiger partial charge is 0.529 e. The van der Waals surface area contributed by atoms with E-state index in [1.54, 1.807) is 0 Å². The molecule has 1 atom stereocenters. The lowest BCUT2D eigenvalue weighted by Gasteiger charge is -2.27. The van der Waals surface area contributed by atoms with E-state index in [-0.39, 0.29) is 0 Å². The van der Waals surface area contributed by atoms with Gasteiger partial charge in [0.25, 0.3) is 5.85 Å². The number of alkyl halides is 1. The van der Waals surface area contributed by atoms with E-state index in [2.05, 4.69) is 9.31 Å². The molecule has 22 heteroatoms. The van der Waals surface area contributed by atoms with Gasteiger partial charge in [-0.05, 0) is 0 Å². The molecule has 2 nitrogen and oxygen atoms in total. The fraction of sp³-hybridized carbons (Fsp3) is 0.0400. The third-order valence-corrected chi connectivity index (χ3v) is 6.56. The summed E-state index contributed by atoms with van der Waals surface area (Å²) < 4.78 is 282. The van der Waals surface area contributed by atoms with Crippen LogP contribution < -0.4 is 10.1 Å². The molecule has 0 saturated carbocycles. The molecule has 0 amide bonds. The van der Waals surface area contributed by atoms with E-state index in [0.717, 1.165) is 0 Å². The average molecular weight is 704 g/mol. The molecule has 248 valence electrons. The lowest BCUT2D eigenvalue weighted by molar-refractivity contribution is -0.0622. The molecule has 1 aliphatic rings. The van der Waals surface area contributed by atoms with E-state index in [0.29, 0.717) is 0 Å². The summed E-state index contributed by atoms with van der Waals surface area (Å²) in [6, 6.07) is 0. The van der Waals surface area contributed by atoms with Crippen molar-refractivity contribution in [1.82, 2.24) is 0 Å². The van der Waals surface area contributed by atoms with Gasteiger partial charge in [-0.15, -0.1) is 0 Å². The summed E-state index contributed by atoms with van der Waals surface area (Å²) in [6.07, 6.45) is 0. The Balaban J connectivity index is 1.88. The molecule has 1 unspecified atom stereocenters. The van der Waals surface area contributed by atoms with Crippen LogP contribution in [0.15, 0.2) is 5.83 Å². The first-order chi connectivity index (χ1) is 21.7. The van der Waals surface area contributed by atoms with Crippen LogP contribution in [-0.4, -0.2) is 7.12 Å². The van der Waals surface area contributed by atoms with Crippen LogP contribution in [0.4, 0.5) is 83.4 Å². The number of fused-ring (bicyclic) bond motifs is 2. The van der Waals surface area contributed by atoms with Crippen LogP contribution in [0.2, 0.25) is 0 Å². The standard InChI is InChI=1S/C25BF19O2/c27-6-1-2(8(29)15(36)14(6)35)23(22(43)17(38)7(1)28)46-26(5-12(33)19(40)21(42)20(41)13(5)34)47-25(45)4-3(10(31)24(25)44)9(30)16(37)18(39)11(4)32. The zero-order valence-electron chi connectivity index (χ0n) is 21.1. The Kier molecular flexibility index (Phi) is 7.88. The van der Waals surface area contributed by atoms with Gasteiger partial charge >= 0.3 is 7.12 Å². The van der Waals surface area contributed by atoms with Gasteiger partial charge in [0, 0.05) is 0 Å². The molecule has 5 rings (SSSR count). The summed E-state index contributed by atoms with van der Waals surface area (Å²) in [5.41, 5.74) is -8.13. The van der Waals surface area contributed by atoms with Crippen LogP contribution in [-0.2, 0) is 10.5 Å². The van der Waals surface area contributed by atoms with Gasteiger partial charge in [-0.3, -0.25) is 0 Å². The number of hydrogen-bond acceptors (Lipinski definition) is 2. The predicted octanol–water partition coefficient (Wildman–Crippen LogP) is 8.30. The Morgan fingerprint density at radius 1 is 0.404 bits per heavy atom. The van der Waals surface area contributed by atoms with Crippen LogP contribution in [0, 0.1) is 93.1 Å². The van der Waals surface area contributed by atoms with Gasteiger partial charge in [0.15, 0.2) is 98.8 Å². The van der Waals surface area contributed by atoms with E-state index in [4.69, 9.17) is 0 Å². The summed E-state index contributed by atoms with van der Waals surface area (Å²) >= 11 is 0. The maximum Gasteiger partial charge on any atom is 0.572 e. The fourth-order valence-corrected chi connectivity index (χ4v) is 4.41. The molecule has 4 aromatic rings. The van der Waals surface area contributed by atoms with Gasteiger partial charge in [-0.1, -0.05) is 0 Å². The van der Waals surface area contributed by atoms with Gasteiger partial charge in [-0.25, -0.2) is 74.6 Å². The van der Waals surface area contributed by atoms with Crippen LogP contribution in [0.3, 0.4) is 0 Å². The average Bonchev–Trinajstić information content (AvgIpc) is 3.23. The molecule has 0 bridgehead atoms. The van der Waals surface area contributed by atoms with Crippen molar-refractivity contribution < 1.29 is 92.7 Å². The van der Waals surface area contributed by atoms with Crippen molar-refractivity contribution in [2.45, 2.75) is 5.85 Å². The maximum absolute atomic E-state index is 16.1. The van der Waals surface area contributed by atoms with Crippen molar-refractivity contribution in [3.05, 3.63) is 110 Å². The van der Waals surface area contributed by atoms with Crippen LogP contribution in [0.5, 0.6) is 5.75 Å². The minimum atomic E-state index is -5.49. The van der Waals surface area contributed by atoms with Crippen LogP contribution in [0.1, 0.15) is 11.1 Å². The lowest BCUT2D eigenvalue weighted by atomic mass is 9.76.